The largest absolute Gasteiger partial charge is 0.479 e. The van der Waals surface area contributed by atoms with E-state index in [0.29, 0.717) is 5.75 Å². The van der Waals surface area contributed by atoms with Gasteiger partial charge in [0.25, 0.3) is 0 Å². The fourth-order valence-electron chi connectivity index (χ4n) is 0.929. The fraction of sp³-hybridized carbons (Fsp3) is 0.800. The van der Waals surface area contributed by atoms with Gasteiger partial charge in [-0.05, 0) is 39.2 Å². The average Bonchev–Trinajstić information content (AvgIpc) is 2.10. The van der Waals surface area contributed by atoms with E-state index in [9.17, 15) is 9.59 Å². The van der Waals surface area contributed by atoms with Crippen molar-refractivity contribution >= 4 is 23.7 Å². The number of carbonyl (C=O) groups excluding carboxylic acids is 1. The smallest absolute Gasteiger partial charge is 0.338 e. The summed E-state index contributed by atoms with van der Waals surface area (Å²) in [5.41, 5.74) is 2.90. The molecule has 0 spiro atoms. The van der Waals surface area contributed by atoms with Gasteiger partial charge in [-0.1, -0.05) is 0 Å². The van der Waals surface area contributed by atoms with E-state index >= 15 is 0 Å². The molecular weight excluding hydrogens is 230 g/mol. The number of hydrogen-bond donors (Lipinski definition) is 2. The predicted molar refractivity (Wildman–Crippen MR) is 63.4 cm³/mol. The Bertz CT molecular complexity index is 274. The van der Waals surface area contributed by atoms with Crippen molar-refractivity contribution in [2.45, 2.75) is 38.3 Å². The summed E-state index contributed by atoms with van der Waals surface area (Å²) in [6.45, 7) is 5.01. The SMILES string of the molecule is CSCCC(N)(C(=O)O)C(=O)OC(C)(C)C. The molecule has 0 aromatic carbocycles. The highest BCUT2D eigenvalue weighted by molar-refractivity contribution is 7.98. The molecule has 1 atom stereocenters. The number of nitrogens with two attached hydrogens (primary N) is 1. The van der Waals surface area contributed by atoms with Gasteiger partial charge in [0.05, 0.1) is 0 Å². The minimum Gasteiger partial charge on any atom is -0.479 e. The van der Waals surface area contributed by atoms with Crippen molar-refractivity contribution in [3.8, 4) is 0 Å². The number of carboxylic acid groups (broad SMARTS) is 1. The minimum absolute atomic E-state index is 0.0540. The number of esters is 1. The lowest BCUT2D eigenvalue weighted by molar-refractivity contribution is -0.169. The quantitative estimate of drug-likeness (QED) is 0.555. The number of hydrogen-bond acceptors (Lipinski definition) is 5. The summed E-state index contributed by atoms with van der Waals surface area (Å²) in [6, 6.07) is 0. The third kappa shape index (κ3) is 4.40. The lowest BCUT2D eigenvalue weighted by atomic mass is 9.97. The maximum Gasteiger partial charge on any atom is 0.338 e. The Morgan fingerprint density at radius 2 is 1.88 bits per heavy atom. The summed E-state index contributed by atoms with van der Waals surface area (Å²) in [6.07, 6.45) is 1.87. The fourth-order valence-corrected chi connectivity index (χ4v) is 1.45. The summed E-state index contributed by atoms with van der Waals surface area (Å²) in [7, 11) is 0. The molecule has 0 aromatic heterocycles. The van der Waals surface area contributed by atoms with Crippen LogP contribution in [0.4, 0.5) is 0 Å². The minimum atomic E-state index is -1.95. The van der Waals surface area contributed by atoms with Crippen LogP contribution in [-0.4, -0.2) is 40.2 Å². The Kier molecular flexibility index (Phi) is 5.28. The van der Waals surface area contributed by atoms with E-state index in [-0.39, 0.29) is 6.42 Å². The van der Waals surface area contributed by atoms with Gasteiger partial charge < -0.3 is 15.6 Å². The first-order chi connectivity index (χ1) is 7.13. The number of aliphatic carboxylic acids is 1. The van der Waals surface area contributed by atoms with E-state index in [0.717, 1.165) is 0 Å². The summed E-state index contributed by atoms with van der Waals surface area (Å²) in [5, 5.41) is 8.99. The summed E-state index contributed by atoms with van der Waals surface area (Å²) < 4.78 is 5.01. The lowest BCUT2D eigenvalue weighted by Gasteiger charge is -2.27. The number of carboxylic acids is 1. The Labute approximate surface area is 99.7 Å². The van der Waals surface area contributed by atoms with Crippen molar-refractivity contribution < 1.29 is 19.4 Å². The van der Waals surface area contributed by atoms with E-state index in [1.807, 2.05) is 6.26 Å². The molecule has 0 aromatic rings. The van der Waals surface area contributed by atoms with Crippen LogP contribution in [0, 0.1) is 0 Å². The second-order valence-corrected chi connectivity index (χ2v) is 5.51. The van der Waals surface area contributed by atoms with Gasteiger partial charge in [0.2, 0.25) is 5.54 Å². The predicted octanol–water partition coefficient (Wildman–Crippen LogP) is 0.863. The molecule has 0 bridgehead atoms. The average molecular weight is 249 g/mol. The van der Waals surface area contributed by atoms with Gasteiger partial charge >= 0.3 is 11.9 Å². The van der Waals surface area contributed by atoms with Crippen LogP contribution in [0.1, 0.15) is 27.2 Å². The molecule has 0 saturated carbocycles. The number of thioether (sulfide) groups is 1. The molecule has 6 heteroatoms. The highest BCUT2D eigenvalue weighted by Gasteiger charge is 2.44. The molecule has 0 aliphatic carbocycles. The van der Waals surface area contributed by atoms with Crippen molar-refractivity contribution in [2.75, 3.05) is 12.0 Å². The van der Waals surface area contributed by atoms with E-state index in [1.165, 1.54) is 11.8 Å². The molecule has 0 heterocycles. The van der Waals surface area contributed by atoms with Crippen LogP contribution in [0.25, 0.3) is 0 Å². The standard InChI is InChI=1S/C10H19NO4S/c1-9(2,3)15-8(14)10(11,7(12)13)5-6-16-4/h5-6,11H2,1-4H3,(H,12,13). The highest BCUT2D eigenvalue weighted by Crippen LogP contribution is 2.17. The molecule has 0 fully saturated rings. The monoisotopic (exact) mass is 249 g/mol. The number of ether oxygens (including phenoxy) is 1. The molecule has 94 valence electrons. The topological polar surface area (TPSA) is 89.6 Å². The van der Waals surface area contributed by atoms with Crippen molar-refractivity contribution in [1.82, 2.24) is 0 Å². The highest BCUT2D eigenvalue weighted by atomic mass is 32.2. The summed E-state index contributed by atoms with van der Waals surface area (Å²) in [4.78, 5) is 22.7. The maximum absolute atomic E-state index is 11.7. The molecule has 0 saturated heterocycles. The molecular formula is C10H19NO4S. The first-order valence-corrected chi connectivity index (χ1v) is 6.27. The Balaban J connectivity index is 4.77. The van der Waals surface area contributed by atoms with E-state index in [4.69, 9.17) is 15.6 Å². The Morgan fingerprint density at radius 1 is 1.38 bits per heavy atom. The third-order valence-electron chi connectivity index (χ3n) is 1.85. The van der Waals surface area contributed by atoms with Gasteiger partial charge in [0, 0.05) is 0 Å². The zero-order valence-corrected chi connectivity index (χ0v) is 10.9. The van der Waals surface area contributed by atoms with Crippen molar-refractivity contribution in [3.05, 3.63) is 0 Å². The van der Waals surface area contributed by atoms with Crippen LogP contribution >= 0.6 is 11.8 Å². The van der Waals surface area contributed by atoms with Crippen LogP contribution in [0.15, 0.2) is 0 Å². The molecule has 16 heavy (non-hydrogen) atoms. The van der Waals surface area contributed by atoms with Gasteiger partial charge in [-0.2, -0.15) is 11.8 Å². The van der Waals surface area contributed by atoms with E-state index in [1.54, 1.807) is 20.8 Å². The van der Waals surface area contributed by atoms with Gasteiger partial charge in [0.1, 0.15) is 5.60 Å². The van der Waals surface area contributed by atoms with Crippen molar-refractivity contribution in [2.24, 2.45) is 5.73 Å². The number of rotatable bonds is 5. The molecule has 0 amide bonds. The molecule has 5 nitrogen and oxygen atoms in total. The molecule has 0 aliphatic heterocycles. The molecule has 0 radical (unpaired) electrons. The van der Waals surface area contributed by atoms with E-state index < -0.39 is 23.1 Å². The second kappa shape index (κ2) is 5.54. The maximum atomic E-state index is 11.7. The van der Waals surface area contributed by atoms with Gasteiger partial charge in [-0.25, -0.2) is 9.59 Å². The zero-order chi connectivity index (χ0) is 13.0. The van der Waals surface area contributed by atoms with Crippen molar-refractivity contribution in [3.63, 3.8) is 0 Å². The van der Waals surface area contributed by atoms with Gasteiger partial charge in [-0.15, -0.1) is 0 Å². The normalized spacial score (nSPS) is 15.3. The van der Waals surface area contributed by atoms with Crippen LogP contribution in [-0.2, 0) is 14.3 Å². The van der Waals surface area contributed by atoms with Crippen LogP contribution < -0.4 is 5.73 Å². The number of carbonyl (C=O) groups is 2. The first kappa shape index (κ1) is 15.2. The second-order valence-electron chi connectivity index (χ2n) is 4.52. The van der Waals surface area contributed by atoms with Crippen LogP contribution in [0.3, 0.4) is 0 Å². The van der Waals surface area contributed by atoms with Crippen LogP contribution in [0.2, 0.25) is 0 Å². The lowest BCUT2D eigenvalue weighted by Crippen LogP contribution is -2.57. The zero-order valence-electron chi connectivity index (χ0n) is 10.1. The van der Waals surface area contributed by atoms with Crippen LogP contribution in [0.5, 0.6) is 0 Å². The molecule has 3 N–H and O–H groups in total. The molecule has 0 rings (SSSR count). The third-order valence-corrected chi connectivity index (χ3v) is 2.46. The molecule has 1 unspecified atom stereocenters. The Morgan fingerprint density at radius 3 is 2.19 bits per heavy atom. The summed E-state index contributed by atoms with van der Waals surface area (Å²) >= 11 is 1.43. The van der Waals surface area contributed by atoms with Gasteiger partial charge in [-0.3, -0.25) is 0 Å². The Hall–Kier alpha value is -0.750. The van der Waals surface area contributed by atoms with Crippen molar-refractivity contribution in [1.29, 1.82) is 0 Å². The molecule has 0 aliphatic rings. The summed E-state index contributed by atoms with van der Waals surface area (Å²) in [5.74, 6) is -1.75. The first-order valence-electron chi connectivity index (χ1n) is 4.88. The van der Waals surface area contributed by atoms with Gasteiger partial charge in [0.15, 0.2) is 0 Å². The van der Waals surface area contributed by atoms with E-state index in [2.05, 4.69) is 0 Å².